The van der Waals surface area contributed by atoms with Gasteiger partial charge in [0, 0.05) is 61.6 Å². The highest BCUT2D eigenvalue weighted by atomic mass is 16.5. The average molecular weight is 537 g/mol. The molecule has 2 saturated heterocycles. The van der Waals surface area contributed by atoms with Crippen LogP contribution >= 0.6 is 0 Å². The van der Waals surface area contributed by atoms with Gasteiger partial charge >= 0.3 is 0 Å². The van der Waals surface area contributed by atoms with E-state index in [1.54, 1.807) is 48.5 Å². The third-order valence-electron chi connectivity index (χ3n) is 6.65. The number of hydrogen-bond acceptors (Lipinski definition) is 6. The molecule has 10 heteroatoms. The Balaban J connectivity index is 1.16. The Morgan fingerprint density at radius 1 is 0.692 bits per heavy atom. The number of carbonyl (C=O) groups is 4. The smallest absolute Gasteiger partial charge is 0.251 e. The fourth-order valence-electron chi connectivity index (χ4n) is 4.56. The van der Waals surface area contributed by atoms with Gasteiger partial charge < -0.3 is 30.7 Å². The number of nitrogens with one attached hydrogen (secondary N) is 4. The van der Waals surface area contributed by atoms with Crippen molar-refractivity contribution in [1.29, 1.82) is 0 Å². The predicted molar refractivity (Wildman–Crippen MR) is 147 cm³/mol. The van der Waals surface area contributed by atoms with E-state index >= 15 is 0 Å². The molecule has 2 aliphatic rings. The summed E-state index contributed by atoms with van der Waals surface area (Å²) in [4.78, 5) is 49.7. The minimum atomic E-state index is -0.246. The average Bonchev–Trinajstić information content (AvgIpc) is 3.65. The first-order chi connectivity index (χ1) is 19.0. The monoisotopic (exact) mass is 536 g/mol. The molecular weight excluding hydrogens is 500 g/mol. The van der Waals surface area contributed by atoms with Crippen LogP contribution in [0.15, 0.2) is 48.5 Å². The summed E-state index contributed by atoms with van der Waals surface area (Å²) in [5, 5.41) is 11.3. The SMILES string of the molecule is O=C(CCCC(=O)Nc1cccc(C(=O)NCC2CCCO2)c1)Nc1cccc(C(=O)NCC2CCCO2)c1. The summed E-state index contributed by atoms with van der Waals surface area (Å²) in [5.74, 6) is -0.931. The Kier molecular flexibility index (Phi) is 10.4. The third-order valence-corrected chi connectivity index (χ3v) is 6.65. The van der Waals surface area contributed by atoms with E-state index < -0.39 is 0 Å². The van der Waals surface area contributed by atoms with Gasteiger partial charge in [-0.05, 0) is 68.5 Å². The predicted octanol–water partition coefficient (Wildman–Crippen LogP) is 3.25. The highest BCUT2D eigenvalue weighted by Gasteiger charge is 2.18. The summed E-state index contributed by atoms with van der Waals surface area (Å²) < 4.78 is 11.0. The zero-order chi connectivity index (χ0) is 27.5. The van der Waals surface area contributed by atoms with Crippen LogP contribution in [0.3, 0.4) is 0 Å². The second-order valence-electron chi connectivity index (χ2n) is 9.80. The van der Waals surface area contributed by atoms with E-state index in [9.17, 15) is 19.2 Å². The van der Waals surface area contributed by atoms with Gasteiger partial charge in [0.2, 0.25) is 11.8 Å². The number of amides is 4. The van der Waals surface area contributed by atoms with E-state index in [-0.39, 0.29) is 48.7 Å². The lowest BCUT2D eigenvalue weighted by molar-refractivity contribution is -0.117. The van der Waals surface area contributed by atoms with Crippen LogP contribution in [0.1, 0.15) is 65.7 Å². The Morgan fingerprint density at radius 2 is 1.15 bits per heavy atom. The van der Waals surface area contributed by atoms with Crippen molar-refractivity contribution in [3.05, 3.63) is 59.7 Å². The van der Waals surface area contributed by atoms with E-state index in [2.05, 4.69) is 21.3 Å². The summed E-state index contributed by atoms with van der Waals surface area (Å²) in [5.41, 5.74) is 1.94. The summed E-state index contributed by atoms with van der Waals surface area (Å²) in [6.07, 6.45) is 4.64. The molecule has 2 unspecified atom stereocenters. The summed E-state index contributed by atoms with van der Waals surface area (Å²) in [6, 6.07) is 13.5. The third kappa shape index (κ3) is 9.19. The molecule has 0 radical (unpaired) electrons. The highest BCUT2D eigenvalue weighted by molar-refractivity contribution is 5.98. The fourth-order valence-corrected chi connectivity index (χ4v) is 4.56. The molecule has 0 aromatic heterocycles. The second kappa shape index (κ2) is 14.4. The van der Waals surface area contributed by atoms with Gasteiger partial charge in [-0.15, -0.1) is 0 Å². The number of anilines is 2. The number of rotatable bonds is 12. The number of carbonyl (C=O) groups excluding carboxylic acids is 4. The van der Waals surface area contributed by atoms with E-state index in [0.717, 1.165) is 38.9 Å². The lowest BCUT2D eigenvalue weighted by atomic mass is 10.1. The maximum atomic E-state index is 12.4. The van der Waals surface area contributed by atoms with E-state index in [1.807, 2.05) is 0 Å². The van der Waals surface area contributed by atoms with Crippen LogP contribution in [-0.2, 0) is 19.1 Å². The zero-order valence-electron chi connectivity index (χ0n) is 22.0. The summed E-state index contributed by atoms with van der Waals surface area (Å²) in [6.45, 7) is 2.38. The van der Waals surface area contributed by atoms with Crippen molar-refractivity contribution in [2.24, 2.45) is 0 Å². The van der Waals surface area contributed by atoms with Gasteiger partial charge in [0.25, 0.3) is 11.8 Å². The normalized spacial score (nSPS) is 18.4. The molecular formula is C29H36N4O6. The van der Waals surface area contributed by atoms with Crippen molar-refractivity contribution >= 4 is 35.0 Å². The van der Waals surface area contributed by atoms with Crippen molar-refractivity contribution < 1.29 is 28.7 Å². The minimum absolute atomic E-state index is 0.0549. The number of hydrogen-bond donors (Lipinski definition) is 4. The molecule has 10 nitrogen and oxygen atoms in total. The first-order valence-corrected chi connectivity index (χ1v) is 13.6. The molecule has 2 aliphatic heterocycles. The van der Waals surface area contributed by atoms with Crippen molar-refractivity contribution in [2.75, 3.05) is 36.9 Å². The van der Waals surface area contributed by atoms with Crippen molar-refractivity contribution in [3.63, 3.8) is 0 Å². The summed E-state index contributed by atoms with van der Waals surface area (Å²) in [7, 11) is 0. The molecule has 0 bridgehead atoms. The van der Waals surface area contributed by atoms with Gasteiger partial charge in [-0.2, -0.15) is 0 Å². The summed E-state index contributed by atoms with van der Waals surface area (Å²) >= 11 is 0. The minimum Gasteiger partial charge on any atom is -0.376 e. The van der Waals surface area contributed by atoms with Crippen LogP contribution < -0.4 is 21.3 Å². The molecule has 2 atom stereocenters. The molecule has 2 aromatic rings. The van der Waals surface area contributed by atoms with Crippen LogP contribution in [0, 0.1) is 0 Å². The van der Waals surface area contributed by atoms with Crippen LogP contribution in [0.2, 0.25) is 0 Å². The molecule has 0 aliphatic carbocycles. The van der Waals surface area contributed by atoms with Gasteiger partial charge in [-0.1, -0.05) is 12.1 Å². The standard InChI is InChI=1S/C29H36N4O6/c34-26(32-22-8-1-6-20(16-22)28(36)30-18-24-10-4-14-38-24)12-3-13-27(35)33-23-9-2-7-21(17-23)29(37)31-19-25-11-5-15-39-25/h1-2,6-9,16-17,24-25H,3-5,10-15,18-19H2,(H,30,36)(H,31,37)(H,32,34)(H,33,35). The maximum absolute atomic E-state index is 12.4. The van der Waals surface area contributed by atoms with Crippen molar-refractivity contribution in [3.8, 4) is 0 Å². The van der Waals surface area contributed by atoms with Gasteiger partial charge in [-0.3, -0.25) is 19.2 Å². The Labute approximate surface area is 228 Å². The largest absolute Gasteiger partial charge is 0.376 e. The molecule has 39 heavy (non-hydrogen) atoms. The van der Waals surface area contributed by atoms with E-state index in [4.69, 9.17) is 9.47 Å². The molecule has 4 N–H and O–H groups in total. The second-order valence-corrected chi connectivity index (χ2v) is 9.80. The lowest BCUT2D eigenvalue weighted by Gasteiger charge is -2.12. The van der Waals surface area contributed by atoms with E-state index in [1.165, 1.54) is 0 Å². The van der Waals surface area contributed by atoms with E-state index in [0.29, 0.717) is 42.0 Å². The molecule has 2 aromatic carbocycles. The first-order valence-electron chi connectivity index (χ1n) is 13.6. The first kappa shape index (κ1) is 28.3. The van der Waals surface area contributed by atoms with Crippen LogP contribution in [-0.4, -0.2) is 62.1 Å². The number of benzene rings is 2. The van der Waals surface area contributed by atoms with Crippen molar-refractivity contribution in [2.45, 2.75) is 57.2 Å². The Bertz CT molecular complexity index is 1070. The highest BCUT2D eigenvalue weighted by Crippen LogP contribution is 2.15. The van der Waals surface area contributed by atoms with Crippen LogP contribution in [0.5, 0.6) is 0 Å². The Hall–Kier alpha value is -3.76. The molecule has 208 valence electrons. The molecule has 2 heterocycles. The fraction of sp³-hybridized carbons (Fsp3) is 0.448. The van der Waals surface area contributed by atoms with Gasteiger partial charge in [0.05, 0.1) is 12.2 Å². The maximum Gasteiger partial charge on any atom is 0.251 e. The molecule has 2 fully saturated rings. The van der Waals surface area contributed by atoms with Gasteiger partial charge in [-0.25, -0.2) is 0 Å². The van der Waals surface area contributed by atoms with Gasteiger partial charge in [0.1, 0.15) is 0 Å². The number of ether oxygens (including phenoxy) is 2. The molecule has 0 saturated carbocycles. The molecule has 4 rings (SSSR count). The zero-order valence-corrected chi connectivity index (χ0v) is 22.0. The molecule has 4 amide bonds. The quantitative estimate of drug-likeness (QED) is 0.329. The molecule has 0 spiro atoms. The topological polar surface area (TPSA) is 135 Å². The Morgan fingerprint density at radius 3 is 1.56 bits per heavy atom. The van der Waals surface area contributed by atoms with Crippen LogP contribution in [0.25, 0.3) is 0 Å². The van der Waals surface area contributed by atoms with Crippen LogP contribution in [0.4, 0.5) is 11.4 Å². The van der Waals surface area contributed by atoms with Gasteiger partial charge in [0.15, 0.2) is 0 Å². The van der Waals surface area contributed by atoms with Crippen molar-refractivity contribution in [1.82, 2.24) is 10.6 Å². The lowest BCUT2D eigenvalue weighted by Crippen LogP contribution is -2.31.